The molecule has 86 valence electrons. The van der Waals surface area contributed by atoms with Crippen molar-refractivity contribution in [1.82, 2.24) is 5.32 Å². The maximum absolute atomic E-state index is 12.1. The molecule has 3 atom stereocenters. The van der Waals surface area contributed by atoms with Gasteiger partial charge in [0.25, 0.3) is 0 Å². The molecule has 1 amide bonds. The van der Waals surface area contributed by atoms with Crippen molar-refractivity contribution < 1.29 is 4.79 Å². The Bertz CT molecular complexity index is 284. The van der Waals surface area contributed by atoms with E-state index in [1.165, 1.54) is 6.42 Å². The van der Waals surface area contributed by atoms with Crippen LogP contribution in [-0.2, 0) is 4.79 Å². The summed E-state index contributed by atoms with van der Waals surface area (Å²) in [6.07, 6.45) is 4.43. The topological polar surface area (TPSA) is 29.1 Å². The molecule has 0 aromatic heterocycles. The van der Waals surface area contributed by atoms with Gasteiger partial charge in [0.2, 0.25) is 5.91 Å². The van der Waals surface area contributed by atoms with E-state index in [9.17, 15) is 4.79 Å². The normalized spacial score (nSPS) is 39.5. The van der Waals surface area contributed by atoms with Gasteiger partial charge in [0.15, 0.2) is 0 Å². The number of nitrogens with one attached hydrogen (secondary N) is 1. The molecular formula is C12H20ClNO. The van der Waals surface area contributed by atoms with Gasteiger partial charge >= 0.3 is 0 Å². The second-order valence-electron chi connectivity index (χ2n) is 6.15. The number of hydrogen-bond acceptors (Lipinski definition) is 1. The van der Waals surface area contributed by atoms with Crippen LogP contribution in [-0.4, -0.2) is 16.3 Å². The molecule has 2 aliphatic carbocycles. The maximum atomic E-state index is 12.1. The lowest BCUT2D eigenvalue weighted by atomic mass is 9.86. The number of hydrogen-bond donors (Lipinski definition) is 1. The van der Waals surface area contributed by atoms with E-state index in [1.807, 2.05) is 20.8 Å². The molecular weight excluding hydrogens is 210 g/mol. The number of amides is 1. The second-order valence-corrected chi connectivity index (χ2v) is 6.82. The predicted octanol–water partition coefficient (Wildman–Crippen LogP) is 2.70. The third-order valence-electron chi connectivity index (χ3n) is 3.64. The van der Waals surface area contributed by atoms with Crippen LogP contribution in [0.4, 0.5) is 0 Å². The Hall–Kier alpha value is -0.240. The summed E-state index contributed by atoms with van der Waals surface area (Å²) in [5.41, 5.74) is -0.180. The minimum atomic E-state index is -0.601. The zero-order valence-corrected chi connectivity index (χ0v) is 10.5. The molecule has 2 aliphatic rings. The largest absolute Gasteiger partial charge is 0.350 e. The third-order valence-corrected chi connectivity index (χ3v) is 4.27. The average molecular weight is 230 g/mol. The number of rotatable bonds is 1. The molecule has 0 aromatic carbocycles. The number of halogens is 1. The van der Waals surface area contributed by atoms with Gasteiger partial charge < -0.3 is 5.32 Å². The highest BCUT2D eigenvalue weighted by atomic mass is 35.5. The smallest absolute Gasteiger partial charge is 0.241 e. The lowest BCUT2D eigenvalue weighted by molar-refractivity contribution is -0.126. The van der Waals surface area contributed by atoms with Crippen molar-refractivity contribution in [3.05, 3.63) is 0 Å². The SMILES string of the molecule is CC(C)(C)NC(=O)[C@@]1(Cl)C[C@H]2CC[C@@H]1C2. The molecule has 0 saturated heterocycles. The van der Waals surface area contributed by atoms with E-state index in [-0.39, 0.29) is 11.4 Å². The molecule has 0 unspecified atom stereocenters. The van der Waals surface area contributed by atoms with E-state index in [4.69, 9.17) is 11.6 Å². The molecule has 0 spiro atoms. The Morgan fingerprint density at radius 3 is 2.47 bits per heavy atom. The monoisotopic (exact) mass is 229 g/mol. The molecule has 2 bridgehead atoms. The molecule has 15 heavy (non-hydrogen) atoms. The predicted molar refractivity (Wildman–Crippen MR) is 61.9 cm³/mol. The lowest BCUT2D eigenvalue weighted by Gasteiger charge is -2.33. The van der Waals surface area contributed by atoms with Crippen LogP contribution in [0.2, 0.25) is 0 Å². The van der Waals surface area contributed by atoms with Gasteiger partial charge in [-0.1, -0.05) is 6.42 Å². The fraction of sp³-hybridized carbons (Fsp3) is 0.917. The standard InChI is InChI=1S/C12H20ClNO/c1-11(2,3)14-10(15)12(13)7-8-4-5-9(12)6-8/h8-9H,4-7H2,1-3H3,(H,14,15)/t8-,9+,12+/m0/s1. The molecule has 2 fully saturated rings. The summed E-state index contributed by atoms with van der Waals surface area (Å²) in [5.74, 6) is 1.15. The van der Waals surface area contributed by atoms with E-state index in [2.05, 4.69) is 5.32 Å². The summed E-state index contributed by atoms with van der Waals surface area (Å²) in [7, 11) is 0. The lowest BCUT2D eigenvalue weighted by Crippen LogP contribution is -2.52. The van der Waals surface area contributed by atoms with Gasteiger partial charge in [-0.05, 0) is 51.9 Å². The Labute approximate surface area is 96.8 Å². The molecule has 2 rings (SSSR count). The minimum Gasteiger partial charge on any atom is -0.350 e. The van der Waals surface area contributed by atoms with E-state index in [0.717, 1.165) is 19.3 Å². The van der Waals surface area contributed by atoms with Crippen LogP contribution in [0.3, 0.4) is 0 Å². The summed E-state index contributed by atoms with van der Waals surface area (Å²) < 4.78 is 0. The van der Waals surface area contributed by atoms with Gasteiger partial charge in [0, 0.05) is 5.54 Å². The first-order chi connectivity index (χ1) is 6.81. The van der Waals surface area contributed by atoms with Crippen molar-refractivity contribution in [3.8, 4) is 0 Å². The van der Waals surface area contributed by atoms with Crippen LogP contribution in [0.15, 0.2) is 0 Å². The fourth-order valence-electron chi connectivity index (χ4n) is 2.99. The van der Waals surface area contributed by atoms with Crippen molar-refractivity contribution in [2.75, 3.05) is 0 Å². The first kappa shape index (κ1) is 11.3. The quantitative estimate of drug-likeness (QED) is 0.689. The Kier molecular flexibility index (Phi) is 2.53. The molecule has 2 saturated carbocycles. The van der Waals surface area contributed by atoms with Crippen molar-refractivity contribution in [3.63, 3.8) is 0 Å². The fourth-order valence-corrected chi connectivity index (χ4v) is 3.45. The second kappa shape index (κ2) is 3.38. The van der Waals surface area contributed by atoms with Crippen LogP contribution >= 0.6 is 11.6 Å². The van der Waals surface area contributed by atoms with E-state index in [0.29, 0.717) is 11.8 Å². The van der Waals surface area contributed by atoms with Crippen molar-refractivity contribution >= 4 is 17.5 Å². The zero-order chi connectivity index (χ0) is 11.3. The summed E-state index contributed by atoms with van der Waals surface area (Å²) in [6.45, 7) is 6.00. The number of carbonyl (C=O) groups excluding carboxylic acids is 1. The van der Waals surface area contributed by atoms with Crippen molar-refractivity contribution in [2.24, 2.45) is 11.8 Å². The first-order valence-electron chi connectivity index (χ1n) is 5.83. The van der Waals surface area contributed by atoms with Gasteiger partial charge in [-0.3, -0.25) is 4.79 Å². The molecule has 0 aromatic rings. The van der Waals surface area contributed by atoms with Crippen molar-refractivity contribution in [2.45, 2.75) is 56.9 Å². The highest BCUT2D eigenvalue weighted by molar-refractivity contribution is 6.35. The number of fused-ring (bicyclic) bond motifs is 2. The van der Waals surface area contributed by atoms with Crippen LogP contribution in [0.5, 0.6) is 0 Å². The Balaban J connectivity index is 2.07. The van der Waals surface area contributed by atoms with Crippen LogP contribution in [0.25, 0.3) is 0 Å². The van der Waals surface area contributed by atoms with Gasteiger partial charge in [-0.2, -0.15) is 0 Å². The number of alkyl halides is 1. The van der Waals surface area contributed by atoms with Gasteiger partial charge in [-0.15, -0.1) is 11.6 Å². The zero-order valence-electron chi connectivity index (χ0n) is 9.77. The van der Waals surface area contributed by atoms with Gasteiger partial charge in [0.1, 0.15) is 4.87 Å². The van der Waals surface area contributed by atoms with Crippen molar-refractivity contribution in [1.29, 1.82) is 0 Å². The summed E-state index contributed by atoms with van der Waals surface area (Å²) >= 11 is 6.51. The average Bonchev–Trinajstić information content (AvgIpc) is 2.60. The molecule has 3 heteroatoms. The molecule has 0 aliphatic heterocycles. The maximum Gasteiger partial charge on any atom is 0.241 e. The summed E-state index contributed by atoms with van der Waals surface area (Å²) in [5, 5.41) is 3.02. The Morgan fingerprint density at radius 1 is 1.40 bits per heavy atom. The van der Waals surface area contributed by atoms with Gasteiger partial charge in [-0.25, -0.2) is 0 Å². The molecule has 1 N–H and O–H groups in total. The Morgan fingerprint density at radius 2 is 2.07 bits per heavy atom. The highest BCUT2D eigenvalue weighted by Gasteiger charge is 2.54. The van der Waals surface area contributed by atoms with Gasteiger partial charge in [0.05, 0.1) is 0 Å². The minimum absolute atomic E-state index is 0.0452. The third kappa shape index (κ3) is 2.01. The summed E-state index contributed by atoms with van der Waals surface area (Å²) in [4.78, 5) is 11.5. The van der Waals surface area contributed by atoms with Crippen LogP contribution in [0, 0.1) is 11.8 Å². The number of carbonyl (C=O) groups is 1. The highest BCUT2D eigenvalue weighted by Crippen LogP contribution is 2.54. The van der Waals surface area contributed by atoms with E-state index >= 15 is 0 Å². The first-order valence-corrected chi connectivity index (χ1v) is 6.20. The van der Waals surface area contributed by atoms with Crippen LogP contribution < -0.4 is 5.32 Å². The van der Waals surface area contributed by atoms with E-state index < -0.39 is 4.87 Å². The van der Waals surface area contributed by atoms with E-state index in [1.54, 1.807) is 0 Å². The molecule has 0 radical (unpaired) electrons. The van der Waals surface area contributed by atoms with Crippen LogP contribution in [0.1, 0.15) is 46.5 Å². The molecule has 2 nitrogen and oxygen atoms in total. The molecule has 0 heterocycles. The summed E-state index contributed by atoms with van der Waals surface area (Å²) in [6, 6.07) is 0.